The van der Waals surface area contributed by atoms with Crippen molar-refractivity contribution in [3.8, 4) is 0 Å². The van der Waals surface area contributed by atoms with Crippen LogP contribution in [0.1, 0.15) is 51.0 Å². The average molecular weight is 310 g/mol. The van der Waals surface area contributed by atoms with Crippen LogP contribution in [0.15, 0.2) is 29.2 Å². The van der Waals surface area contributed by atoms with Crippen LogP contribution in [0, 0.1) is 0 Å². The molecule has 1 aliphatic rings. The number of benzene rings is 1. The first-order chi connectivity index (χ1) is 10.1. The van der Waals surface area contributed by atoms with Gasteiger partial charge in [-0.1, -0.05) is 44.7 Å². The van der Waals surface area contributed by atoms with E-state index in [1.54, 1.807) is 12.1 Å². The van der Waals surface area contributed by atoms with Gasteiger partial charge in [0.1, 0.15) is 0 Å². The number of rotatable bonds is 6. The van der Waals surface area contributed by atoms with Gasteiger partial charge in [-0.2, -0.15) is 0 Å². The second-order valence-electron chi connectivity index (χ2n) is 5.73. The summed E-state index contributed by atoms with van der Waals surface area (Å²) >= 11 is 0. The summed E-state index contributed by atoms with van der Waals surface area (Å²) in [4.78, 5) is 0.368. The van der Waals surface area contributed by atoms with Gasteiger partial charge in [0.15, 0.2) is 0 Å². The lowest BCUT2D eigenvalue weighted by atomic mass is 10.1. The lowest BCUT2D eigenvalue weighted by Crippen LogP contribution is -2.34. The van der Waals surface area contributed by atoms with Crippen LogP contribution in [0.25, 0.3) is 0 Å². The zero-order valence-electron chi connectivity index (χ0n) is 12.8. The molecule has 1 fully saturated rings. The number of nitrogens with one attached hydrogen (secondary N) is 2. The van der Waals surface area contributed by atoms with E-state index in [9.17, 15) is 8.42 Å². The SMILES string of the molecule is CCNCc1ccc(S(=O)(=O)NC2CCCCCC2)cc1. The molecule has 0 radical (unpaired) electrons. The van der Waals surface area contributed by atoms with Gasteiger partial charge in [-0.05, 0) is 37.1 Å². The molecular formula is C16H26N2O2S. The van der Waals surface area contributed by atoms with E-state index < -0.39 is 10.0 Å². The summed E-state index contributed by atoms with van der Waals surface area (Å²) in [6.07, 6.45) is 6.59. The highest BCUT2D eigenvalue weighted by Gasteiger charge is 2.20. The summed E-state index contributed by atoms with van der Waals surface area (Å²) in [6, 6.07) is 7.26. The van der Waals surface area contributed by atoms with Gasteiger partial charge >= 0.3 is 0 Å². The molecule has 118 valence electrons. The first-order valence-electron chi connectivity index (χ1n) is 7.94. The third-order valence-electron chi connectivity index (χ3n) is 3.99. The molecule has 2 N–H and O–H groups in total. The maximum atomic E-state index is 12.4. The summed E-state index contributed by atoms with van der Waals surface area (Å²) in [7, 11) is -3.38. The van der Waals surface area contributed by atoms with E-state index in [0.29, 0.717) is 4.90 Å². The molecule has 21 heavy (non-hydrogen) atoms. The van der Waals surface area contributed by atoms with E-state index in [0.717, 1.165) is 44.3 Å². The first-order valence-corrected chi connectivity index (χ1v) is 9.42. The van der Waals surface area contributed by atoms with Crippen molar-refractivity contribution in [2.75, 3.05) is 6.54 Å². The molecular weight excluding hydrogens is 284 g/mol. The summed E-state index contributed by atoms with van der Waals surface area (Å²) in [6.45, 7) is 3.73. The molecule has 0 saturated heterocycles. The molecule has 5 heteroatoms. The number of sulfonamides is 1. The molecule has 0 unspecified atom stereocenters. The largest absolute Gasteiger partial charge is 0.313 e. The lowest BCUT2D eigenvalue weighted by Gasteiger charge is -2.16. The topological polar surface area (TPSA) is 58.2 Å². The van der Waals surface area contributed by atoms with Gasteiger partial charge in [0.25, 0.3) is 0 Å². The Morgan fingerprint density at radius 3 is 2.24 bits per heavy atom. The Kier molecular flexibility index (Phi) is 6.21. The van der Waals surface area contributed by atoms with E-state index in [2.05, 4.69) is 17.0 Å². The second-order valence-corrected chi connectivity index (χ2v) is 7.45. The zero-order chi connectivity index (χ0) is 15.1. The minimum atomic E-state index is -3.38. The highest BCUT2D eigenvalue weighted by atomic mass is 32.2. The molecule has 1 aliphatic carbocycles. The first kappa shape index (κ1) is 16.5. The molecule has 0 atom stereocenters. The quantitative estimate of drug-likeness (QED) is 0.794. The molecule has 4 nitrogen and oxygen atoms in total. The van der Waals surface area contributed by atoms with Gasteiger partial charge in [-0.3, -0.25) is 0 Å². The molecule has 0 amide bonds. The van der Waals surface area contributed by atoms with Crippen LogP contribution in [-0.4, -0.2) is 21.0 Å². The highest BCUT2D eigenvalue weighted by molar-refractivity contribution is 7.89. The standard InChI is InChI=1S/C16H26N2O2S/c1-2-17-13-14-9-11-16(12-10-14)21(19,20)18-15-7-5-3-4-6-8-15/h9-12,15,17-18H,2-8,13H2,1H3. The predicted molar refractivity (Wildman–Crippen MR) is 85.6 cm³/mol. The monoisotopic (exact) mass is 310 g/mol. The van der Waals surface area contributed by atoms with Crippen LogP contribution in [0.3, 0.4) is 0 Å². The van der Waals surface area contributed by atoms with Crippen LogP contribution in [-0.2, 0) is 16.6 Å². The van der Waals surface area contributed by atoms with E-state index in [-0.39, 0.29) is 6.04 Å². The van der Waals surface area contributed by atoms with Crippen molar-refractivity contribution >= 4 is 10.0 Å². The van der Waals surface area contributed by atoms with Gasteiger partial charge in [-0.15, -0.1) is 0 Å². The van der Waals surface area contributed by atoms with Crippen LogP contribution in [0.5, 0.6) is 0 Å². The number of hydrogen-bond donors (Lipinski definition) is 2. The minimum absolute atomic E-state index is 0.0962. The Morgan fingerprint density at radius 1 is 1.05 bits per heavy atom. The van der Waals surface area contributed by atoms with Gasteiger partial charge in [0.2, 0.25) is 10.0 Å². The minimum Gasteiger partial charge on any atom is -0.313 e. The molecule has 1 aromatic rings. The highest BCUT2D eigenvalue weighted by Crippen LogP contribution is 2.19. The van der Waals surface area contributed by atoms with Crippen molar-refractivity contribution in [2.45, 2.75) is 62.9 Å². The van der Waals surface area contributed by atoms with Crippen molar-refractivity contribution in [1.29, 1.82) is 0 Å². The van der Waals surface area contributed by atoms with E-state index in [4.69, 9.17) is 0 Å². The summed E-state index contributed by atoms with van der Waals surface area (Å²) in [5.74, 6) is 0. The fourth-order valence-corrected chi connectivity index (χ4v) is 4.05. The van der Waals surface area contributed by atoms with E-state index >= 15 is 0 Å². The lowest BCUT2D eigenvalue weighted by molar-refractivity contribution is 0.510. The van der Waals surface area contributed by atoms with Gasteiger partial charge in [0, 0.05) is 12.6 Å². The third kappa shape index (κ3) is 5.09. The van der Waals surface area contributed by atoms with Crippen LogP contribution in [0.2, 0.25) is 0 Å². The zero-order valence-corrected chi connectivity index (χ0v) is 13.6. The molecule has 0 spiro atoms. The van der Waals surface area contributed by atoms with Gasteiger partial charge in [-0.25, -0.2) is 13.1 Å². The molecule has 1 saturated carbocycles. The smallest absolute Gasteiger partial charge is 0.240 e. The van der Waals surface area contributed by atoms with Crippen molar-refractivity contribution < 1.29 is 8.42 Å². The normalized spacial score (nSPS) is 17.6. The van der Waals surface area contributed by atoms with Crippen LogP contribution < -0.4 is 10.0 Å². The Bertz CT molecular complexity index is 518. The third-order valence-corrected chi connectivity index (χ3v) is 5.53. The maximum Gasteiger partial charge on any atom is 0.240 e. The molecule has 0 aliphatic heterocycles. The summed E-state index contributed by atoms with van der Waals surface area (Å²) < 4.78 is 27.7. The summed E-state index contributed by atoms with van der Waals surface area (Å²) in [5.41, 5.74) is 1.10. The van der Waals surface area contributed by atoms with Crippen molar-refractivity contribution in [3.05, 3.63) is 29.8 Å². The van der Waals surface area contributed by atoms with Gasteiger partial charge in [0.05, 0.1) is 4.90 Å². The fraction of sp³-hybridized carbons (Fsp3) is 0.625. The molecule has 1 aromatic carbocycles. The molecule has 0 aromatic heterocycles. The Hall–Kier alpha value is -0.910. The molecule has 2 rings (SSSR count). The van der Waals surface area contributed by atoms with Crippen molar-refractivity contribution in [1.82, 2.24) is 10.0 Å². The van der Waals surface area contributed by atoms with Crippen molar-refractivity contribution in [2.24, 2.45) is 0 Å². The van der Waals surface area contributed by atoms with Gasteiger partial charge < -0.3 is 5.32 Å². The van der Waals surface area contributed by atoms with E-state index in [1.165, 1.54) is 12.8 Å². The summed E-state index contributed by atoms with van der Waals surface area (Å²) in [5, 5.41) is 3.23. The van der Waals surface area contributed by atoms with E-state index in [1.807, 2.05) is 12.1 Å². The Morgan fingerprint density at radius 2 is 1.67 bits per heavy atom. The molecule has 0 bridgehead atoms. The van der Waals surface area contributed by atoms with Crippen LogP contribution in [0.4, 0.5) is 0 Å². The average Bonchev–Trinajstić information content (AvgIpc) is 2.73. The fourth-order valence-electron chi connectivity index (χ4n) is 2.74. The second kappa shape index (κ2) is 7.92. The van der Waals surface area contributed by atoms with Crippen molar-refractivity contribution in [3.63, 3.8) is 0 Å². The number of hydrogen-bond acceptors (Lipinski definition) is 3. The predicted octanol–water partition coefficient (Wildman–Crippen LogP) is 2.80. The Balaban J connectivity index is 2.01. The molecule has 0 heterocycles. The van der Waals surface area contributed by atoms with Crippen LogP contribution >= 0.6 is 0 Å². The maximum absolute atomic E-state index is 12.4. The Labute approximate surface area is 128 Å².